The topological polar surface area (TPSA) is 80.5 Å². The lowest BCUT2D eigenvalue weighted by Crippen LogP contribution is -2.53. The van der Waals surface area contributed by atoms with E-state index in [9.17, 15) is 4.79 Å². The van der Waals surface area contributed by atoms with Gasteiger partial charge in [0, 0.05) is 19.1 Å². The fraction of sp³-hybridized carbons (Fsp3) is 0.438. The van der Waals surface area contributed by atoms with Crippen LogP contribution in [0.1, 0.15) is 25.7 Å². The average Bonchev–Trinajstić information content (AvgIpc) is 2.94. The molecule has 7 nitrogen and oxygen atoms in total. The summed E-state index contributed by atoms with van der Waals surface area (Å²) in [5, 5.41) is 6.90. The summed E-state index contributed by atoms with van der Waals surface area (Å²) in [4.78, 5) is 18.0. The highest BCUT2D eigenvalue weighted by Gasteiger charge is 2.36. The summed E-state index contributed by atoms with van der Waals surface area (Å²) < 4.78 is 10.7. The number of carbonyl (C=O) groups is 1. The van der Waals surface area contributed by atoms with E-state index < -0.39 is 0 Å². The summed E-state index contributed by atoms with van der Waals surface area (Å²) in [7, 11) is 1.61. The molecule has 23 heavy (non-hydrogen) atoms. The minimum absolute atomic E-state index is 0.0549. The summed E-state index contributed by atoms with van der Waals surface area (Å²) in [6, 6.07) is 7.60. The van der Waals surface area contributed by atoms with E-state index in [1.165, 1.54) is 0 Å². The largest absolute Gasteiger partial charge is 0.496 e. The van der Waals surface area contributed by atoms with Crippen LogP contribution in [0.3, 0.4) is 0 Å². The summed E-state index contributed by atoms with van der Waals surface area (Å²) >= 11 is 0. The van der Waals surface area contributed by atoms with Crippen LogP contribution in [0.5, 0.6) is 5.75 Å². The SMILES string of the molecule is COc1ccccc1-c1noc(C2CN(C(=O)NC(C)C)C2)n1. The average molecular weight is 316 g/mol. The highest BCUT2D eigenvalue weighted by atomic mass is 16.5. The minimum Gasteiger partial charge on any atom is -0.496 e. The van der Waals surface area contributed by atoms with E-state index in [2.05, 4.69) is 15.5 Å². The van der Waals surface area contributed by atoms with E-state index in [4.69, 9.17) is 9.26 Å². The number of nitrogens with zero attached hydrogens (tertiary/aromatic N) is 3. The number of para-hydroxylation sites is 1. The third-order valence-corrected chi connectivity index (χ3v) is 3.72. The summed E-state index contributed by atoms with van der Waals surface area (Å²) in [5.41, 5.74) is 0.790. The van der Waals surface area contributed by atoms with Crippen LogP contribution in [-0.2, 0) is 0 Å². The van der Waals surface area contributed by atoms with E-state index in [1.54, 1.807) is 12.0 Å². The molecule has 1 aromatic carbocycles. The first-order valence-electron chi connectivity index (χ1n) is 7.61. The Morgan fingerprint density at radius 3 is 2.83 bits per heavy atom. The third kappa shape index (κ3) is 3.13. The zero-order chi connectivity index (χ0) is 16.4. The van der Waals surface area contributed by atoms with Crippen molar-refractivity contribution in [2.24, 2.45) is 0 Å². The van der Waals surface area contributed by atoms with Gasteiger partial charge in [-0.3, -0.25) is 0 Å². The van der Waals surface area contributed by atoms with Gasteiger partial charge in [0.25, 0.3) is 0 Å². The highest BCUT2D eigenvalue weighted by molar-refractivity contribution is 5.75. The molecule has 1 fully saturated rings. The monoisotopic (exact) mass is 316 g/mol. The molecule has 0 radical (unpaired) electrons. The molecular formula is C16H20N4O3. The predicted molar refractivity (Wildman–Crippen MR) is 84.3 cm³/mol. The lowest BCUT2D eigenvalue weighted by molar-refractivity contribution is 0.135. The van der Waals surface area contributed by atoms with Crippen molar-refractivity contribution in [1.29, 1.82) is 0 Å². The number of aromatic nitrogens is 2. The van der Waals surface area contributed by atoms with Crippen molar-refractivity contribution in [3.63, 3.8) is 0 Å². The fourth-order valence-electron chi connectivity index (χ4n) is 2.48. The Morgan fingerprint density at radius 1 is 1.39 bits per heavy atom. The molecule has 1 aliphatic rings. The number of amides is 2. The molecule has 1 N–H and O–H groups in total. The van der Waals surface area contributed by atoms with Crippen molar-refractivity contribution in [2.75, 3.05) is 20.2 Å². The quantitative estimate of drug-likeness (QED) is 0.936. The number of hydrogen-bond donors (Lipinski definition) is 1. The molecule has 1 saturated heterocycles. The first-order valence-corrected chi connectivity index (χ1v) is 7.61. The van der Waals surface area contributed by atoms with Crippen LogP contribution < -0.4 is 10.1 Å². The van der Waals surface area contributed by atoms with Crippen LogP contribution in [0, 0.1) is 0 Å². The maximum absolute atomic E-state index is 11.9. The molecule has 0 unspecified atom stereocenters. The Bertz CT molecular complexity index is 692. The molecule has 0 bridgehead atoms. The number of hydrogen-bond acceptors (Lipinski definition) is 5. The van der Waals surface area contributed by atoms with Gasteiger partial charge >= 0.3 is 6.03 Å². The Balaban J connectivity index is 1.66. The van der Waals surface area contributed by atoms with Gasteiger partial charge in [-0.25, -0.2) is 4.79 Å². The Hall–Kier alpha value is -2.57. The van der Waals surface area contributed by atoms with E-state index >= 15 is 0 Å². The van der Waals surface area contributed by atoms with Gasteiger partial charge in [-0.05, 0) is 26.0 Å². The molecule has 2 amide bonds. The number of ether oxygens (including phenoxy) is 1. The zero-order valence-electron chi connectivity index (χ0n) is 13.4. The second-order valence-corrected chi connectivity index (χ2v) is 5.86. The second-order valence-electron chi connectivity index (χ2n) is 5.86. The molecule has 0 spiro atoms. The lowest BCUT2D eigenvalue weighted by atomic mass is 10.0. The first kappa shape index (κ1) is 15.3. The van der Waals surface area contributed by atoms with Gasteiger partial charge in [0.15, 0.2) is 0 Å². The minimum atomic E-state index is -0.0549. The number of urea groups is 1. The maximum Gasteiger partial charge on any atom is 0.317 e. The summed E-state index contributed by atoms with van der Waals surface area (Å²) in [6.45, 7) is 5.05. The van der Waals surface area contributed by atoms with E-state index in [1.807, 2.05) is 38.1 Å². The molecule has 2 heterocycles. The van der Waals surface area contributed by atoms with Crippen molar-refractivity contribution in [1.82, 2.24) is 20.4 Å². The Kier molecular flexibility index (Phi) is 4.18. The number of carbonyl (C=O) groups excluding carboxylic acids is 1. The van der Waals surface area contributed by atoms with Crippen LogP contribution in [0.2, 0.25) is 0 Å². The highest BCUT2D eigenvalue weighted by Crippen LogP contribution is 2.31. The fourth-order valence-corrected chi connectivity index (χ4v) is 2.48. The molecule has 0 atom stereocenters. The molecule has 3 rings (SSSR count). The van der Waals surface area contributed by atoms with Gasteiger partial charge in [0.2, 0.25) is 11.7 Å². The zero-order valence-corrected chi connectivity index (χ0v) is 13.4. The van der Waals surface area contributed by atoms with Crippen LogP contribution in [0.4, 0.5) is 4.79 Å². The van der Waals surface area contributed by atoms with Crippen molar-refractivity contribution < 1.29 is 14.1 Å². The molecule has 0 saturated carbocycles. The summed E-state index contributed by atoms with van der Waals surface area (Å²) in [6.07, 6.45) is 0. The van der Waals surface area contributed by atoms with Crippen molar-refractivity contribution >= 4 is 6.03 Å². The Labute approximate surface area is 134 Å². The molecule has 1 aromatic heterocycles. The van der Waals surface area contributed by atoms with Crippen molar-refractivity contribution in [3.8, 4) is 17.1 Å². The van der Waals surface area contributed by atoms with E-state index in [0.717, 1.165) is 5.56 Å². The molecule has 1 aliphatic heterocycles. The molecular weight excluding hydrogens is 296 g/mol. The molecule has 2 aromatic rings. The van der Waals surface area contributed by atoms with Crippen molar-refractivity contribution in [3.05, 3.63) is 30.2 Å². The van der Waals surface area contributed by atoms with Gasteiger partial charge in [-0.1, -0.05) is 17.3 Å². The van der Waals surface area contributed by atoms with Gasteiger partial charge < -0.3 is 19.5 Å². The molecule has 0 aliphatic carbocycles. The third-order valence-electron chi connectivity index (χ3n) is 3.72. The number of rotatable bonds is 4. The van der Waals surface area contributed by atoms with Gasteiger partial charge in [0.1, 0.15) is 5.75 Å². The number of likely N-dealkylation sites (tertiary alicyclic amines) is 1. The van der Waals surface area contributed by atoms with Crippen molar-refractivity contribution in [2.45, 2.75) is 25.8 Å². The normalized spacial score (nSPS) is 14.7. The van der Waals surface area contributed by atoms with Crippen LogP contribution in [0.15, 0.2) is 28.8 Å². The number of methoxy groups -OCH3 is 1. The van der Waals surface area contributed by atoms with Gasteiger partial charge in [-0.2, -0.15) is 4.98 Å². The Morgan fingerprint density at radius 2 is 2.13 bits per heavy atom. The summed E-state index contributed by atoms with van der Waals surface area (Å²) in [5.74, 6) is 1.84. The predicted octanol–water partition coefficient (Wildman–Crippen LogP) is 2.26. The first-order chi connectivity index (χ1) is 11.1. The van der Waals surface area contributed by atoms with Gasteiger partial charge in [0.05, 0.1) is 18.6 Å². The van der Waals surface area contributed by atoms with Gasteiger partial charge in [-0.15, -0.1) is 0 Å². The standard InChI is InChI=1S/C16H20N4O3/c1-10(2)17-16(21)20-8-11(9-20)15-18-14(19-23-15)12-6-4-5-7-13(12)22-3/h4-7,10-11H,8-9H2,1-3H3,(H,17,21). The van der Waals surface area contributed by atoms with Crippen LogP contribution in [-0.4, -0.2) is 47.3 Å². The molecule has 7 heteroatoms. The smallest absolute Gasteiger partial charge is 0.317 e. The van der Waals surface area contributed by atoms with E-state index in [0.29, 0.717) is 30.6 Å². The lowest BCUT2D eigenvalue weighted by Gasteiger charge is -2.37. The second kappa shape index (κ2) is 6.28. The number of benzene rings is 1. The van der Waals surface area contributed by atoms with E-state index in [-0.39, 0.29) is 18.0 Å². The van der Waals surface area contributed by atoms with Crippen LogP contribution in [0.25, 0.3) is 11.4 Å². The maximum atomic E-state index is 11.9. The van der Waals surface area contributed by atoms with Crippen LogP contribution >= 0.6 is 0 Å². The number of nitrogens with one attached hydrogen (secondary N) is 1. The molecule has 122 valence electrons.